The Morgan fingerprint density at radius 3 is 2.93 bits per heavy atom. The molecule has 1 heterocycles. The molecule has 0 unspecified atom stereocenters. The standard InChI is InChI=1S/C10H9BrClNO/c11-9-4-7(12)3-8-6(1-2-13)5-14-10(8)9/h3-5H,1-2,13H2. The molecular formula is C10H9BrClNO. The van der Waals surface area contributed by atoms with Gasteiger partial charge in [0.05, 0.1) is 10.7 Å². The number of nitrogens with two attached hydrogens (primary N) is 1. The lowest BCUT2D eigenvalue weighted by molar-refractivity contribution is 0.608. The number of furan rings is 1. The summed E-state index contributed by atoms with van der Waals surface area (Å²) >= 11 is 9.35. The number of rotatable bonds is 2. The Labute approximate surface area is 95.1 Å². The van der Waals surface area contributed by atoms with E-state index in [0.29, 0.717) is 11.6 Å². The van der Waals surface area contributed by atoms with Crippen molar-refractivity contribution in [2.45, 2.75) is 6.42 Å². The van der Waals surface area contributed by atoms with Gasteiger partial charge in [0.25, 0.3) is 0 Å². The molecule has 4 heteroatoms. The summed E-state index contributed by atoms with van der Waals surface area (Å²) in [5, 5.41) is 1.74. The summed E-state index contributed by atoms with van der Waals surface area (Å²) in [6, 6.07) is 3.72. The molecular weight excluding hydrogens is 265 g/mol. The van der Waals surface area contributed by atoms with Crippen molar-refractivity contribution in [2.75, 3.05) is 6.54 Å². The first-order valence-corrected chi connectivity index (χ1v) is 5.44. The molecule has 2 nitrogen and oxygen atoms in total. The summed E-state index contributed by atoms with van der Waals surface area (Å²) in [4.78, 5) is 0. The van der Waals surface area contributed by atoms with E-state index in [1.54, 1.807) is 6.26 Å². The van der Waals surface area contributed by atoms with Crippen LogP contribution in [0.5, 0.6) is 0 Å². The van der Waals surface area contributed by atoms with Crippen LogP contribution in [-0.4, -0.2) is 6.54 Å². The van der Waals surface area contributed by atoms with E-state index < -0.39 is 0 Å². The number of fused-ring (bicyclic) bond motifs is 1. The van der Waals surface area contributed by atoms with E-state index in [1.807, 2.05) is 12.1 Å². The molecule has 0 fully saturated rings. The van der Waals surface area contributed by atoms with Crippen LogP contribution < -0.4 is 5.73 Å². The summed E-state index contributed by atoms with van der Waals surface area (Å²) in [6.07, 6.45) is 2.54. The minimum absolute atomic E-state index is 0.610. The molecule has 0 aliphatic heterocycles. The van der Waals surface area contributed by atoms with Gasteiger partial charge in [-0.3, -0.25) is 0 Å². The number of halogens is 2. The molecule has 1 aromatic heterocycles. The number of benzene rings is 1. The van der Waals surface area contributed by atoms with Crippen molar-refractivity contribution in [3.05, 3.63) is 33.5 Å². The smallest absolute Gasteiger partial charge is 0.148 e. The van der Waals surface area contributed by atoms with Gasteiger partial charge in [0.15, 0.2) is 0 Å². The minimum Gasteiger partial charge on any atom is -0.463 e. The van der Waals surface area contributed by atoms with Gasteiger partial charge in [0, 0.05) is 10.4 Å². The van der Waals surface area contributed by atoms with Crippen LogP contribution in [0.15, 0.2) is 27.3 Å². The highest BCUT2D eigenvalue weighted by atomic mass is 79.9. The second-order valence-corrected chi connectivity index (χ2v) is 4.35. The van der Waals surface area contributed by atoms with E-state index in [1.165, 1.54) is 0 Å². The first-order chi connectivity index (χ1) is 6.72. The van der Waals surface area contributed by atoms with Crippen LogP contribution in [-0.2, 0) is 6.42 Å². The van der Waals surface area contributed by atoms with Gasteiger partial charge in [0.1, 0.15) is 5.58 Å². The molecule has 2 aromatic rings. The van der Waals surface area contributed by atoms with E-state index in [0.717, 1.165) is 27.4 Å². The summed E-state index contributed by atoms with van der Waals surface area (Å²) < 4.78 is 6.30. The second-order valence-electron chi connectivity index (χ2n) is 3.06. The lowest BCUT2D eigenvalue weighted by Gasteiger charge is -1.97. The highest BCUT2D eigenvalue weighted by Crippen LogP contribution is 2.31. The molecule has 2 N–H and O–H groups in total. The predicted octanol–water partition coefficient (Wildman–Crippen LogP) is 3.35. The van der Waals surface area contributed by atoms with E-state index >= 15 is 0 Å². The molecule has 0 saturated heterocycles. The van der Waals surface area contributed by atoms with Crippen LogP contribution in [0.3, 0.4) is 0 Å². The molecule has 0 amide bonds. The molecule has 14 heavy (non-hydrogen) atoms. The fraction of sp³-hybridized carbons (Fsp3) is 0.200. The molecule has 74 valence electrons. The maximum absolute atomic E-state index is 5.95. The van der Waals surface area contributed by atoms with Crippen molar-refractivity contribution >= 4 is 38.5 Å². The van der Waals surface area contributed by atoms with Crippen molar-refractivity contribution in [1.29, 1.82) is 0 Å². The Morgan fingerprint density at radius 1 is 1.43 bits per heavy atom. The summed E-state index contributed by atoms with van der Waals surface area (Å²) in [5.74, 6) is 0. The monoisotopic (exact) mass is 273 g/mol. The first-order valence-electron chi connectivity index (χ1n) is 4.27. The summed E-state index contributed by atoms with van der Waals surface area (Å²) in [5.41, 5.74) is 7.43. The highest BCUT2D eigenvalue weighted by Gasteiger charge is 2.09. The van der Waals surface area contributed by atoms with E-state index in [9.17, 15) is 0 Å². The van der Waals surface area contributed by atoms with Gasteiger partial charge in [-0.1, -0.05) is 11.6 Å². The number of hydrogen-bond donors (Lipinski definition) is 1. The highest BCUT2D eigenvalue weighted by molar-refractivity contribution is 9.10. The molecule has 0 bridgehead atoms. The van der Waals surface area contributed by atoms with Crippen molar-refractivity contribution in [1.82, 2.24) is 0 Å². The zero-order valence-corrected chi connectivity index (χ0v) is 9.73. The average Bonchev–Trinajstić information content (AvgIpc) is 2.49. The van der Waals surface area contributed by atoms with E-state index in [-0.39, 0.29) is 0 Å². The quantitative estimate of drug-likeness (QED) is 0.912. The fourth-order valence-corrected chi connectivity index (χ4v) is 2.36. The Hall–Kier alpha value is -0.510. The van der Waals surface area contributed by atoms with E-state index in [2.05, 4.69) is 15.9 Å². The summed E-state index contributed by atoms with van der Waals surface area (Å²) in [6.45, 7) is 0.610. The molecule has 0 saturated carbocycles. The van der Waals surface area contributed by atoms with Gasteiger partial charge in [-0.2, -0.15) is 0 Å². The zero-order valence-electron chi connectivity index (χ0n) is 7.39. The Balaban J connectivity index is 2.66. The Bertz CT molecular complexity index is 466. The van der Waals surface area contributed by atoms with Crippen molar-refractivity contribution in [2.24, 2.45) is 5.73 Å². The van der Waals surface area contributed by atoms with Gasteiger partial charge in [-0.05, 0) is 46.6 Å². The maximum Gasteiger partial charge on any atom is 0.148 e. The van der Waals surface area contributed by atoms with Crippen LogP contribution in [0.4, 0.5) is 0 Å². The maximum atomic E-state index is 5.95. The van der Waals surface area contributed by atoms with Crippen molar-refractivity contribution < 1.29 is 4.42 Å². The molecule has 2 rings (SSSR count). The fourth-order valence-electron chi connectivity index (χ4n) is 1.46. The zero-order chi connectivity index (χ0) is 10.1. The molecule has 0 aliphatic carbocycles. The summed E-state index contributed by atoms with van der Waals surface area (Å²) in [7, 11) is 0. The topological polar surface area (TPSA) is 39.2 Å². The molecule has 0 aliphatic rings. The van der Waals surface area contributed by atoms with Gasteiger partial charge < -0.3 is 10.2 Å². The SMILES string of the molecule is NCCc1coc2c(Br)cc(Cl)cc12. The lowest BCUT2D eigenvalue weighted by Crippen LogP contribution is -2.01. The molecule has 0 atom stereocenters. The van der Waals surface area contributed by atoms with Gasteiger partial charge in [-0.15, -0.1) is 0 Å². The Morgan fingerprint density at radius 2 is 2.21 bits per heavy atom. The molecule has 1 aromatic carbocycles. The Kier molecular flexibility index (Phi) is 2.81. The third kappa shape index (κ3) is 1.67. The average molecular weight is 275 g/mol. The number of hydrogen-bond acceptors (Lipinski definition) is 2. The van der Waals surface area contributed by atoms with Crippen LogP contribution in [0, 0.1) is 0 Å². The third-order valence-electron chi connectivity index (χ3n) is 2.09. The molecule has 0 radical (unpaired) electrons. The van der Waals surface area contributed by atoms with Gasteiger partial charge >= 0.3 is 0 Å². The van der Waals surface area contributed by atoms with Gasteiger partial charge in [-0.25, -0.2) is 0 Å². The van der Waals surface area contributed by atoms with Crippen LogP contribution in [0.1, 0.15) is 5.56 Å². The lowest BCUT2D eigenvalue weighted by atomic mass is 10.1. The van der Waals surface area contributed by atoms with Crippen molar-refractivity contribution in [3.63, 3.8) is 0 Å². The first kappa shape index (κ1) is 10.0. The van der Waals surface area contributed by atoms with Gasteiger partial charge in [0.2, 0.25) is 0 Å². The van der Waals surface area contributed by atoms with Crippen molar-refractivity contribution in [3.8, 4) is 0 Å². The van der Waals surface area contributed by atoms with Crippen LogP contribution in [0.2, 0.25) is 5.02 Å². The van der Waals surface area contributed by atoms with Crippen LogP contribution >= 0.6 is 27.5 Å². The minimum atomic E-state index is 0.610. The van der Waals surface area contributed by atoms with Crippen LogP contribution in [0.25, 0.3) is 11.0 Å². The third-order valence-corrected chi connectivity index (χ3v) is 2.89. The normalized spacial score (nSPS) is 11.1. The predicted molar refractivity (Wildman–Crippen MR) is 61.7 cm³/mol. The van der Waals surface area contributed by atoms with E-state index in [4.69, 9.17) is 21.8 Å². The largest absolute Gasteiger partial charge is 0.463 e. The second kappa shape index (κ2) is 3.93. The molecule has 0 spiro atoms.